The summed E-state index contributed by atoms with van der Waals surface area (Å²) < 4.78 is 16.0. The number of amides is 1. The van der Waals surface area contributed by atoms with Gasteiger partial charge in [0.2, 0.25) is 5.91 Å². The predicted octanol–water partition coefficient (Wildman–Crippen LogP) is 3.69. The van der Waals surface area contributed by atoms with Crippen molar-refractivity contribution in [3.63, 3.8) is 0 Å². The summed E-state index contributed by atoms with van der Waals surface area (Å²) in [5.41, 5.74) is 0.720. The van der Waals surface area contributed by atoms with E-state index in [4.69, 9.17) is 13.6 Å². The van der Waals surface area contributed by atoms with Crippen molar-refractivity contribution < 1.29 is 18.4 Å². The molecule has 7 nitrogen and oxygen atoms in total. The summed E-state index contributed by atoms with van der Waals surface area (Å²) in [7, 11) is 1.61. The van der Waals surface area contributed by atoms with Crippen molar-refractivity contribution in [2.75, 3.05) is 18.2 Å². The lowest BCUT2D eigenvalue weighted by Crippen LogP contribution is -2.14. The third kappa shape index (κ3) is 4.21. The normalized spacial score (nSPS) is 10.7. The van der Waals surface area contributed by atoms with E-state index in [0.29, 0.717) is 11.7 Å². The summed E-state index contributed by atoms with van der Waals surface area (Å²) in [5.74, 6) is 2.54. The number of methoxy groups -OCH3 is 1. The van der Waals surface area contributed by atoms with Gasteiger partial charge in [-0.1, -0.05) is 5.10 Å². The van der Waals surface area contributed by atoms with Crippen LogP contribution in [0.4, 0.5) is 6.01 Å². The van der Waals surface area contributed by atoms with Gasteiger partial charge in [-0.15, -0.1) is 16.9 Å². The molecule has 0 aliphatic rings. The number of thioether (sulfide) groups is 1. The molecule has 0 saturated heterocycles. The van der Waals surface area contributed by atoms with Crippen LogP contribution in [-0.4, -0.2) is 29.0 Å². The van der Waals surface area contributed by atoms with Crippen LogP contribution in [0, 0.1) is 13.8 Å². The van der Waals surface area contributed by atoms with Crippen molar-refractivity contribution in [2.24, 2.45) is 0 Å². The standard InChI is InChI=1S/C17H17N3O4S/c1-10-8-14(11(2)23-10)16-19-20-17(24-16)18-15(21)9-25-13-6-4-12(22-3)5-7-13/h4-8H,9H2,1-3H3,(H,18,20,21). The van der Waals surface area contributed by atoms with Gasteiger partial charge in [0, 0.05) is 4.90 Å². The zero-order valence-electron chi connectivity index (χ0n) is 14.0. The molecule has 0 spiro atoms. The minimum Gasteiger partial charge on any atom is -0.497 e. The number of rotatable bonds is 6. The molecule has 1 N–H and O–H groups in total. The molecule has 2 heterocycles. The number of carbonyl (C=O) groups is 1. The van der Waals surface area contributed by atoms with E-state index in [0.717, 1.165) is 22.0 Å². The summed E-state index contributed by atoms with van der Waals surface area (Å²) >= 11 is 1.40. The molecule has 3 rings (SSSR count). The van der Waals surface area contributed by atoms with Gasteiger partial charge in [-0.05, 0) is 44.2 Å². The second-order valence-corrected chi connectivity index (χ2v) is 6.30. The first-order valence-electron chi connectivity index (χ1n) is 7.53. The average molecular weight is 359 g/mol. The largest absolute Gasteiger partial charge is 0.497 e. The number of anilines is 1. The Morgan fingerprint density at radius 1 is 1.20 bits per heavy atom. The number of hydrogen-bond donors (Lipinski definition) is 1. The number of furan rings is 1. The molecule has 0 atom stereocenters. The lowest BCUT2D eigenvalue weighted by atomic mass is 10.2. The highest BCUT2D eigenvalue weighted by molar-refractivity contribution is 8.00. The van der Waals surface area contributed by atoms with Crippen LogP contribution in [0.15, 0.2) is 44.1 Å². The molecule has 8 heteroatoms. The highest BCUT2D eigenvalue weighted by atomic mass is 32.2. The number of carbonyl (C=O) groups excluding carboxylic acids is 1. The Morgan fingerprint density at radius 3 is 2.60 bits per heavy atom. The molecule has 0 fully saturated rings. The van der Waals surface area contributed by atoms with Gasteiger partial charge >= 0.3 is 6.01 Å². The minimum absolute atomic E-state index is 0.0635. The Morgan fingerprint density at radius 2 is 1.96 bits per heavy atom. The summed E-state index contributed by atoms with van der Waals surface area (Å²) in [4.78, 5) is 13.0. The third-order valence-corrected chi connectivity index (χ3v) is 4.38. The second-order valence-electron chi connectivity index (χ2n) is 5.25. The van der Waals surface area contributed by atoms with Gasteiger partial charge in [0.25, 0.3) is 5.89 Å². The summed E-state index contributed by atoms with van der Waals surface area (Å²) in [5, 5.41) is 10.4. The Kier molecular flexibility index (Phi) is 5.08. The van der Waals surface area contributed by atoms with Crippen LogP contribution in [0.25, 0.3) is 11.5 Å². The van der Waals surface area contributed by atoms with E-state index in [-0.39, 0.29) is 17.7 Å². The molecule has 25 heavy (non-hydrogen) atoms. The van der Waals surface area contributed by atoms with Crippen LogP contribution < -0.4 is 10.1 Å². The van der Waals surface area contributed by atoms with Crippen molar-refractivity contribution in [2.45, 2.75) is 18.7 Å². The number of nitrogens with zero attached hydrogens (tertiary/aromatic N) is 2. The first kappa shape index (κ1) is 17.1. The fourth-order valence-electron chi connectivity index (χ4n) is 2.20. The molecule has 1 amide bonds. The van der Waals surface area contributed by atoms with Gasteiger partial charge in [0.15, 0.2) is 0 Å². The van der Waals surface area contributed by atoms with Crippen LogP contribution in [0.5, 0.6) is 5.75 Å². The molecule has 130 valence electrons. The fourth-order valence-corrected chi connectivity index (χ4v) is 2.90. The number of ether oxygens (including phenoxy) is 1. The van der Waals surface area contributed by atoms with E-state index in [2.05, 4.69) is 15.5 Å². The SMILES string of the molecule is COc1ccc(SCC(=O)Nc2nnc(-c3cc(C)oc3C)o2)cc1. The Bertz CT molecular complexity index is 870. The Labute approximate surface area is 148 Å². The van der Waals surface area contributed by atoms with Crippen LogP contribution in [0.2, 0.25) is 0 Å². The minimum atomic E-state index is -0.226. The highest BCUT2D eigenvalue weighted by Gasteiger charge is 2.16. The van der Waals surface area contributed by atoms with E-state index >= 15 is 0 Å². The van der Waals surface area contributed by atoms with Crippen molar-refractivity contribution in [1.82, 2.24) is 10.2 Å². The Balaban J connectivity index is 1.57. The van der Waals surface area contributed by atoms with Crippen molar-refractivity contribution in [1.29, 1.82) is 0 Å². The molecule has 1 aromatic carbocycles. The molecule has 0 saturated carbocycles. The average Bonchev–Trinajstić information content (AvgIpc) is 3.19. The van der Waals surface area contributed by atoms with Crippen LogP contribution in [-0.2, 0) is 4.79 Å². The molecule has 0 bridgehead atoms. The Hall–Kier alpha value is -2.74. The van der Waals surface area contributed by atoms with Gasteiger partial charge in [0.1, 0.15) is 17.3 Å². The van der Waals surface area contributed by atoms with Crippen molar-refractivity contribution in [3.8, 4) is 17.2 Å². The summed E-state index contributed by atoms with van der Waals surface area (Å²) in [6, 6.07) is 9.36. The number of nitrogens with one attached hydrogen (secondary N) is 1. The summed E-state index contributed by atoms with van der Waals surface area (Å²) in [6.45, 7) is 3.65. The van der Waals surface area contributed by atoms with Gasteiger partial charge in [0.05, 0.1) is 18.4 Å². The number of aryl methyl sites for hydroxylation is 2. The monoisotopic (exact) mass is 359 g/mol. The van der Waals surface area contributed by atoms with E-state index in [1.54, 1.807) is 7.11 Å². The third-order valence-electron chi connectivity index (χ3n) is 3.37. The van der Waals surface area contributed by atoms with Gasteiger partial charge < -0.3 is 13.6 Å². The van der Waals surface area contributed by atoms with Crippen molar-refractivity contribution >= 4 is 23.7 Å². The first-order valence-corrected chi connectivity index (χ1v) is 8.51. The topological polar surface area (TPSA) is 90.4 Å². The smallest absolute Gasteiger partial charge is 0.322 e. The lowest BCUT2D eigenvalue weighted by Gasteiger charge is -2.03. The van der Waals surface area contributed by atoms with Crippen LogP contribution in [0.3, 0.4) is 0 Å². The van der Waals surface area contributed by atoms with Gasteiger partial charge in [-0.25, -0.2) is 0 Å². The fraction of sp³-hybridized carbons (Fsp3) is 0.235. The molecular formula is C17H17N3O4S. The van der Waals surface area contributed by atoms with E-state index in [1.165, 1.54) is 11.8 Å². The van der Waals surface area contributed by atoms with Gasteiger partial charge in [-0.3, -0.25) is 10.1 Å². The van der Waals surface area contributed by atoms with E-state index in [1.807, 2.05) is 44.2 Å². The predicted molar refractivity (Wildman–Crippen MR) is 93.8 cm³/mol. The second kappa shape index (κ2) is 7.43. The molecule has 0 radical (unpaired) electrons. The maximum atomic E-state index is 12.0. The summed E-state index contributed by atoms with van der Waals surface area (Å²) in [6.07, 6.45) is 0. The number of aromatic nitrogens is 2. The maximum absolute atomic E-state index is 12.0. The van der Waals surface area contributed by atoms with E-state index in [9.17, 15) is 4.79 Å². The number of hydrogen-bond acceptors (Lipinski definition) is 7. The zero-order valence-corrected chi connectivity index (χ0v) is 14.8. The van der Waals surface area contributed by atoms with Crippen LogP contribution in [0.1, 0.15) is 11.5 Å². The molecule has 3 aromatic rings. The molecule has 0 aliphatic carbocycles. The lowest BCUT2D eigenvalue weighted by molar-refractivity contribution is -0.113. The quantitative estimate of drug-likeness (QED) is 0.671. The van der Waals surface area contributed by atoms with E-state index < -0.39 is 0 Å². The molecule has 0 aliphatic heterocycles. The maximum Gasteiger partial charge on any atom is 0.322 e. The molecular weight excluding hydrogens is 342 g/mol. The highest BCUT2D eigenvalue weighted by Crippen LogP contribution is 2.26. The first-order chi connectivity index (χ1) is 12.0. The molecule has 2 aromatic heterocycles. The molecule has 0 unspecified atom stereocenters. The van der Waals surface area contributed by atoms with Crippen molar-refractivity contribution in [3.05, 3.63) is 41.9 Å². The number of benzene rings is 1. The zero-order chi connectivity index (χ0) is 17.8. The van der Waals surface area contributed by atoms with Crippen LogP contribution >= 0.6 is 11.8 Å². The van der Waals surface area contributed by atoms with Gasteiger partial charge in [-0.2, -0.15) is 0 Å².